The number of hydrogen-bond acceptors (Lipinski definition) is 5. The van der Waals surface area contributed by atoms with E-state index in [4.69, 9.17) is 4.74 Å². The van der Waals surface area contributed by atoms with E-state index in [1.807, 2.05) is 0 Å². The van der Waals surface area contributed by atoms with Gasteiger partial charge in [-0.1, -0.05) is 23.7 Å². The number of aromatic nitrogens is 1. The summed E-state index contributed by atoms with van der Waals surface area (Å²) in [7, 11) is -2.17. The molecule has 0 N–H and O–H groups in total. The SMILES string of the molecule is CO[C@@H]1CCC[C@]12CCCN(S(=O)(=O)c1cc(-c3cc(C(F)(F)F)on3)ccc1C)C2. The first kappa shape index (κ1) is 22.3. The van der Waals surface area contributed by atoms with Gasteiger partial charge in [-0.25, -0.2) is 8.42 Å². The summed E-state index contributed by atoms with van der Waals surface area (Å²) >= 11 is 0. The van der Waals surface area contributed by atoms with E-state index < -0.39 is 22.0 Å². The van der Waals surface area contributed by atoms with Crippen LogP contribution in [-0.2, 0) is 20.9 Å². The molecule has 6 nitrogen and oxygen atoms in total. The van der Waals surface area contributed by atoms with Crippen molar-refractivity contribution in [1.82, 2.24) is 9.46 Å². The van der Waals surface area contributed by atoms with Crippen LogP contribution in [0.3, 0.4) is 0 Å². The minimum absolute atomic E-state index is 0.0360. The highest BCUT2D eigenvalue weighted by atomic mass is 32.2. The maximum atomic E-state index is 13.6. The molecule has 2 fully saturated rings. The zero-order valence-corrected chi connectivity index (χ0v) is 18.2. The molecule has 170 valence electrons. The van der Waals surface area contributed by atoms with Crippen LogP contribution in [-0.4, -0.2) is 44.2 Å². The van der Waals surface area contributed by atoms with Crippen molar-refractivity contribution >= 4 is 10.0 Å². The first-order valence-corrected chi connectivity index (χ1v) is 11.7. The van der Waals surface area contributed by atoms with Crippen molar-refractivity contribution in [1.29, 1.82) is 0 Å². The largest absolute Gasteiger partial charge is 0.452 e. The van der Waals surface area contributed by atoms with Gasteiger partial charge in [-0.05, 0) is 44.2 Å². The fraction of sp³-hybridized carbons (Fsp3) is 0.571. The van der Waals surface area contributed by atoms with Gasteiger partial charge in [-0.2, -0.15) is 17.5 Å². The summed E-state index contributed by atoms with van der Waals surface area (Å²) < 4.78 is 77.2. The molecule has 2 aliphatic rings. The predicted molar refractivity (Wildman–Crippen MR) is 107 cm³/mol. The molecule has 0 radical (unpaired) electrons. The van der Waals surface area contributed by atoms with E-state index in [1.54, 1.807) is 26.2 Å². The Hall–Kier alpha value is -1.91. The number of rotatable bonds is 4. The van der Waals surface area contributed by atoms with Crippen molar-refractivity contribution in [3.05, 3.63) is 35.6 Å². The molecule has 10 heteroatoms. The van der Waals surface area contributed by atoms with Gasteiger partial charge in [0.1, 0.15) is 5.69 Å². The molecule has 0 amide bonds. The van der Waals surface area contributed by atoms with Crippen molar-refractivity contribution in [3.63, 3.8) is 0 Å². The molecule has 31 heavy (non-hydrogen) atoms. The number of sulfonamides is 1. The summed E-state index contributed by atoms with van der Waals surface area (Å²) in [5.41, 5.74) is 0.539. The second-order valence-corrected chi connectivity index (χ2v) is 10.4. The maximum Gasteiger partial charge on any atom is 0.452 e. The molecule has 1 saturated heterocycles. The topological polar surface area (TPSA) is 72.6 Å². The molecule has 1 aliphatic heterocycles. The second kappa shape index (κ2) is 7.90. The Morgan fingerprint density at radius 1 is 1.23 bits per heavy atom. The molecule has 1 spiro atoms. The van der Waals surface area contributed by atoms with Crippen molar-refractivity contribution in [2.45, 2.75) is 56.2 Å². The molecular formula is C21H25F3N2O4S. The summed E-state index contributed by atoms with van der Waals surface area (Å²) in [5, 5.41) is 3.48. The van der Waals surface area contributed by atoms with Crippen LogP contribution in [0, 0.1) is 12.3 Å². The zero-order chi connectivity index (χ0) is 22.4. The quantitative estimate of drug-likeness (QED) is 0.668. The van der Waals surface area contributed by atoms with Crippen LogP contribution in [0.15, 0.2) is 33.7 Å². The number of alkyl halides is 3. The minimum Gasteiger partial charge on any atom is -0.381 e. The maximum absolute atomic E-state index is 13.6. The van der Waals surface area contributed by atoms with Gasteiger partial charge in [-0.15, -0.1) is 0 Å². The summed E-state index contributed by atoms with van der Waals surface area (Å²) in [6, 6.07) is 5.28. The van der Waals surface area contributed by atoms with Crippen LogP contribution in [0.2, 0.25) is 0 Å². The van der Waals surface area contributed by atoms with Gasteiger partial charge in [0, 0.05) is 37.2 Å². The van der Waals surface area contributed by atoms with Crippen molar-refractivity contribution < 1.29 is 30.8 Å². The van der Waals surface area contributed by atoms with Gasteiger partial charge >= 0.3 is 6.18 Å². The Balaban J connectivity index is 1.67. The molecule has 4 rings (SSSR count). The lowest BCUT2D eigenvalue weighted by molar-refractivity contribution is -0.155. The van der Waals surface area contributed by atoms with Gasteiger partial charge in [0.2, 0.25) is 15.8 Å². The molecule has 2 heterocycles. The van der Waals surface area contributed by atoms with Crippen LogP contribution >= 0.6 is 0 Å². The molecule has 2 atom stereocenters. The summed E-state index contributed by atoms with van der Waals surface area (Å²) in [5.74, 6) is -1.22. The number of methoxy groups -OCH3 is 1. The van der Waals surface area contributed by atoms with E-state index in [0.717, 1.165) is 38.2 Å². The average molecular weight is 459 g/mol. The van der Waals surface area contributed by atoms with E-state index in [2.05, 4.69) is 9.68 Å². The van der Waals surface area contributed by atoms with Crippen molar-refractivity contribution in [2.75, 3.05) is 20.2 Å². The molecule has 1 aromatic heterocycles. The zero-order valence-electron chi connectivity index (χ0n) is 17.4. The predicted octanol–water partition coefficient (Wildman–Crippen LogP) is 4.64. The Morgan fingerprint density at radius 3 is 2.65 bits per heavy atom. The lowest BCUT2D eigenvalue weighted by Crippen LogP contribution is -2.49. The number of halogens is 3. The molecule has 0 unspecified atom stereocenters. The number of ether oxygens (including phenoxy) is 1. The first-order chi connectivity index (χ1) is 14.6. The second-order valence-electron chi connectivity index (χ2n) is 8.48. The van der Waals surface area contributed by atoms with E-state index >= 15 is 0 Å². The number of hydrogen-bond donors (Lipinski definition) is 0. The average Bonchev–Trinajstić information content (AvgIpc) is 3.36. The highest BCUT2D eigenvalue weighted by Gasteiger charge is 2.48. The Kier molecular flexibility index (Phi) is 5.68. The fourth-order valence-electron chi connectivity index (χ4n) is 4.98. The van der Waals surface area contributed by atoms with Crippen LogP contribution in [0.25, 0.3) is 11.3 Å². The van der Waals surface area contributed by atoms with E-state index in [1.165, 1.54) is 10.4 Å². The first-order valence-electron chi connectivity index (χ1n) is 10.2. The van der Waals surface area contributed by atoms with Gasteiger partial charge in [0.05, 0.1) is 11.0 Å². The van der Waals surface area contributed by atoms with Gasteiger partial charge in [0.25, 0.3) is 0 Å². The molecule has 0 bridgehead atoms. The third-order valence-electron chi connectivity index (χ3n) is 6.57. The molecular weight excluding hydrogens is 433 g/mol. The van der Waals surface area contributed by atoms with Crippen LogP contribution in [0.1, 0.15) is 43.4 Å². The Bertz CT molecular complexity index is 1070. The Morgan fingerprint density at radius 2 is 1.97 bits per heavy atom. The summed E-state index contributed by atoms with van der Waals surface area (Å²) in [6.07, 6.45) is -0.0942. The van der Waals surface area contributed by atoms with E-state index in [0.29, 0.717) is 18.7 Å². The third-order valence-corrected chi connectivity index (χ3v) is 8.56. The number of piperidine rings is 1. The van der Waals surface area contributed by atoms with Crippen molar-refractivity contribution in [3.8, 4) is 11.3 Å². The summed E-state index contributed by atoms with van der Waals surface area (Å²) in [6.45, 7) is 2.47. The molecule has 2 aromatic rings. The standard InChI is InChI=1S/C21H25F3N2O4S/c1-14-6-7-15(16-12-19(30-25-16)21(22,23)24)11-17(14)31(27,28)26-10-4-9-20(13-26)8-3-5-18(20)29-2/h6-7,11-12,18H,3-5,8-10,13H2,1-2H3/t18-,20-/m1/s1. The lowest BCUT2D eigenvalue weighted by atomic mass is 9.77. The highest BCUT2D eigenvalue weighted by molar-refractivity contribution is 7.89. The smallest absolute Gasteiger partial charge is 0.381 e. The summed E-state index contributed by atoms with van der Waals surface area (Å²) in [4.78, 5) is 0.0746. The third kappa shape index (κ3) is 4.01. The monoisotopic (exact) mass is 458 g/mol. The lowest BCUT2D eigenvalue weighted by Gasteiger charge is -2.43. The highest BCUT2D eigenvalue weighted by Crippen LogP contribution is 2.47. The van der Waals surface area contributed by atoms with Crippen molar-refractivity contribution in [2.24, 2.45) is 5.41 Å². The normalized spacial score (nSPS) is 25.4. The molecule has 1 aliphatic carbocycles. The van der Waals surface area contributed by atoms with Crippen LogP contribution < -0.4 is 0 Å². The van der Waals surface area contributed by atoms with E-state index in [-0.39, 0.29) is 27.7 Å². The van der Waals surface area contributed by atoms with Gasteiger partial charge < -0.3 is 9.26 Å². The van der Waals surface area contributed by atoms with Crippen LogP contribution in [0.5, 0.6) is 0 Å². The van der Waals surface area contributed by atoms with E-state index in [9.17, 15) is 21.6 Å². The molecule has 1 saturated carbocycles. The molecule has 1 aromatic carbocycles. The van der Waals surface area contributed by atoms with Crippen LogP contribution in [0.4, 0.5) is 13.2 Å². The number of benzene rings is 1. The number of aryl methyl sites for hydroxylation is 1. The van der Waals surface area contributed by atoms with Gasteiger partial charge in [-0.3, -0.25) is 0 Å². The van der Waals surface area contributed by atoms with Gasteiger partial charge in [0.15, 0.2) is 0 Å². The number of nitrogens with zero attached hydrogens (tertiary/aromatic N) is 2. The fourth-order valence-corrected chi connectivity index (χ4v) is 6.81. The Labute approximate surface area is 179 Å². The minimum atomic E-state index is -4.66.